The number of halogens is 1. The van der Waals surface area contributed by atoms with Crippen molar-refractivity contribution in [3.8, 4) is 22.6 Å². The van der Waals surface area contributed by atoms with Crippen molar-refractivity contribution in [1.82, 2.24) is 9.80 Å². The highest BCUT2D eigenvalue weighted by molar-refractivity contribution is 9.10. The Kier molecular flexibility index (Phi) is 9.98. The summed E-state index contributed by atoms with van der Waals surface area (Å²) in [6.45, 7) is 4.57. The summed E-state index contributed by atoms with van der Waals surface area (Å²) in [5.41, 5.74) is 4.74. The van der Waals surface area contributed by atoms with Crippen molar-refractivity contribution < 1.29 is 23.9 Å². The van der Waals surface area contributed by atoms with Gasteiger partial charge in [-0.2, -0.15) is 0 Å². The molecule has 0 atom stereocenters. The molecule has 2 heterocycles. The summed E-state index contributed by atoms with van der Waals surface area (Å²) in [6, 6.07) is 19.4. The number of rotatable bonds is 8. The molecule has 0 spiro atoms. The van der Waals surface area contributed by atoms with Crippen molar-refractivity contribution in [1.29, 1.82) is 0 Å². The summed E-state index contributed by atoms with van der Waals surface area (Å²) in [5.74, 6) is 2.08. The molecule has 2 aliphatic heterocycles. The first kappa shape index (κ1) is 29.3. The first-order valence-electron chi connectivity index (χ1n) is 13.4. The van der Waals surface area contributed by atoms with Gasteiger partial charge in [-0.15, -0.1) is 0 Å². The van der Waals surface area contributed by atoms with Crippen molar-refractivity contribution in [3.63, 3.8) is 0 Å². The van der Waals surface area contributed by atoms with Crippen LogP contribution in [0.25, 0.3) is 11.1 Å². The summed E-state index contributed by atoms with van der Waals surface area (Å²) >= 11 is 3.44. The van der Waals surface area contributed by atoms with Crippen molar-refractivity contribution in [2.24, 2.45) is 0 Å². The van der Waals surface area contributed by atoms with Crippen LogP contribution < -0.4 is 9.47 Å². The van der Waals surface area contributed by atoms with Gasteiger partial charge in [0.15, 0.2) is 5.78 Å². The zero-order valence-electron chi connectivity index (χ0n) is 23.2. The van der Waals surface area contributed by atoms with Gasteiger partial charge in [-0.3, -0.25) is 14.4 Å². The highest BCUT2D eigenvalue weighted by Gasteiger charge is 2.21. The molecule has 0 N–H and O–H groups in total. The summed E-state index contributed by atoms with van der Waals surface area (Å²) in [5, 5.41) is 0. The van der Waals surface area contributed by atoms with Crippen molar-refractivity contribution in [2.75, 3.05) is 27.3 Å². The molecule has 0 unspecified atom stereocenters. The minimum Gasteiger partial charge on any atom is -0.496 e. The van der Waals surface area contributed by atoms with Gasteiger partial charge in [-0.05, 0) is 82.7 Å². The predicted molar refractivity (Wildman–Crippen MR) is 158 cm³/mol. The van der Waals surface area contributed by atoms with Gasteiger partial charge in [-0.1, -0.05) is 30.3 Å². The van der Waals surface area contributed by atoms with E-state index >= 15 is 0 Å². The summed E-state index contributed by atoms with van der Waals surface area (Å²) in [6.07, 6.45) is 3.25. The minimum absolute atomic E-state index is 0.0367. The molecule has 210 valence electrons. The van der Waals surface area contributed by atoms with Crippen LogP contribution in [0.4, 0.5) is 0 Å². The highest BCUT2D eigenvalue weighted by atomic mass is 79.9. The van der Waals surface area contributed by atoms with Crippen molar-refractivity contribution in [2.45, 2.75) is 45.7 Å². The van der Waals surface area contributed by atoms with Crippen LogP contribution in [0.1, 0.15) is 54.1 Å². The summed E-state index contributed by atoms with van der Waals surface area (Å²) < 4.78 is 11.6. The van der Waals surface area contributed by atoms with Gasteiger partial charge in [0.25, 0.3) is 0 Å². The Morgan fingerprint density at radius 3 is 1.88 bits per heavy atom. The average Bonchev–Trinajstić information content (AvgIpc) is 3.56. The van der Waals surface area contributed by atoms with Crippen LogP contribution in [0.5, 0.6) is 11.5 Å². The second-order valence-corrected chi connectivity index (χ2v) is 10.8. The van der Waals surface area contributed by atoms with Gasteiger partial charge in [-0.25, -0.2) is 0 Å². The van der Waals surface area contributed by atoms with Crippen LogP contribution in [0.3, 0.4) is 0 Å². The van der Waals surface area contributed by atoms with Crippen LogP contribution in [-0.2, 0) is 22.7 Å². The quantitative estimate of drug-likeness (QED) is 0.283. The number of methoxy groups -OCH3 is 2. The molecule has 3 aromatic carbocycles. The van der Waals surface area contributed by atoms with Crippen molar-refractivity contribution >= 4 is 33.5 Å². The molecule has 0 saturated carbocycles. The van der Waals surface area contributed by atoms with E-state index in [0.717, 1.165) is 64.2 Å². The lowest BCUT2D eigenvalue weighted by molar-refractivity contribution is -0.129. The van der Waals surface area contributed by atoms with Gasteiger partial charge in [0, 0.05) is 50.1 Å². The molecule has 0 aromatic heterocycles. The number of ether oxygens (including phenoxy) is 2. The molecular weight excluding hydrogens is 572 g/mol. The molecule has 7 nitrogen and oxygen atoms in total. The number of ketones is 1. The molecule has 8 heteroatoms. The van der Waals surface area contributed by atoms with Crippen LogP contribution >= 0.6 is 15.9 Å². The minimum atomic E-state index is 0.0367. The van der Waals surface area contributed by atoms with E-state index in [1.165, 1.54) is 0 Å². The Labute approximate surface area is 244 Å². The van der Waals surface area contributed by atoms with E-state index < -0.39 is 0 Å². The molecule has 0 bridgehead atoms. The maximum atomic E-state index is 11.8. The van der Waals surface area contributed by atoms with Gasteiger partial charge in [0.1, 0.15) is 11.5 Å². The Hall–Kier alpha value is -3.65. The Morgan fingerprint density at radius 2 is 1.38 bits per heavy atom. The fraction of sp³-hybridized carbons (Fsp3) is 0.344. The predicted octanol–water partition coefficient (Wildman–Crippen LogP) is 6.27. The van der Waals surface area contributed by atoms with Gasteiger partial charge >= 0.3 is 0 Å². The van der Waals surface area contributed by atoms with E-state index in [1.807, 2.05) is 70.5 Å². The van der Waals surface area contributed by atoms with Crippen molar-refractivity contribution in [3.05, 3.63) is 81.8 Å². The van der Waals surface area contributed by atoms with E-state index in [9.17, 15) is 14.4 Å². The Morgan fingerprint density at radius 1 is 0.800 bits per heavy atom. The topological polar surface area (TPSA) is 76.2 Å². The molecule has 2 amide bonds. The number of benzene rings is 3. The van der Waals surface area contributed by atoms with Crippen LogP contribution in [0.15, 0.2) is 65.1 Å². The Balaban J connectivity index is 0.000000201. The van der Waals surface area contributed by atoms with Gasteiger partial charge in [0.05, 0.1) is 18.7 Å². The molecule has 5 rings (SSSR count). The molecular formula is C32H35BrN2O5. The molecule has 40 heavy (non-hydrogen) atoms. The lowest BCUT2D eigenvalue weighted by atomic mass is 9.99. The fourth-order valence-corrected chi connectivity index (χ4v) is 5.56. The summed E-state index contributed by atoms with van der Waals surface area (Å²) in [7, 11) is 3.28. The molecule has 2 aliphatic rings. The molecule has 0 radical (unpaired) electrons. The zero-order chi connectivity index (χ0) is 28.6. The lowest BCUT2D eigenvalue weighted by Crippen LogP contribution is -2.23. The molecule has 2 saturated heterocycles. The number of carbonyl (C=O) groups excluding carboxylic acids is 3. The molecule has 2 fully saturated rings. The summed E-state index contributed by atoms with van der Waals surface area (Å²) in [4.78, 5) is 38.7. The first-order valence-corrected chi connectivity index (χ1v) is 14.2. The maximum Gasteiger partial charge on any atom is 0.222 e. The van der Waals surface area contributed by atoms with E-state index in [1.54, 1.807) is 21.1 Å². The number of carbonyl (C=O) groups is 3. The third kappa shape index (κ3) is 7.30. The van der Waals surface area contributed by atoms with E-state index in [4.69, 9.17) is 9.47 Å². The third-order valence-corrected chi connectivity index (χ3v) is 7.77. The second-order valence-electron chi connectivity index (χ2n) is 9.98. The fourth-order valence-electron chi connectivity index (χ4n) is 4.98. The van der Waals surface area contributed by atoms with Crippen LogP contribution in [0, 0.1) is 0 Å². The highest BCUT2D eigenvalue weighted by Crippen LogP contribution is 2.32. The largest absolute Gasteiger partial charge is 0.496 e. The van der Waals surface area contributed by atoms with Gasteiger partial charge < -0.3 is 19.3 Å². The third-order valence-electron chi connectivity index (χ3n) is 7.15. The number of Topliss-reactive ketones (excluding diaryl/α,β-unsaturated/α-hetero) is 1. The molecule has 3 aromatic rings. The van der Waals surface area contributed by atoms with E-state index in [0.29, 0.717) is 31.5 Å². The second kappa shape index (κ2) is 13.6. The van der Waals surface area contributed by atoms with Gasteiger partial charge in [0.2, 0.25) is 11.8 Å². The van der Waals surface area contributed by atoms with E-state index in [-0.39, 0.29) is 17.6 Å². The normalized spacial score (nSPS) is 14.7. The number of nitrogens with zero attached hydrogens (tertiary/aromatic N) is 2. The number of likely N-dealkylation sites (tertiary alicyclic amines) is 2. The lowest BCUT2D eigenvalue weighted by Gasteiger charge is -2.17. The monoisotopic (exact) mass is 606 g/mol. The Bertz CT molecular complexity index is 1390. The SMILES string of the molecule is COc1ccc(CN2CCCC2=O)cc1-c1cccc(C(C)=O)c1.COc1ccc(CN2CCCC2=O)cc1Br. The standard InChI is InChI=1S/C20H21NO3.C12H14BrNO2/c1-14(22)16-5-3-6-17(12-16)18-11-15(8-9-19(18)24-2)13-21-10-4-7-20(21)23;1-16-11-5-4-9(7-10(11)13)8-14-6-2-3-12(14)15/h3,5-6,8-9,11-12H,4,7,10,13H2,1-2H3;4-5,7H,2-3,6,8H2,1H3. The molecule has 0 aliphatic carbocycles. The zero-order valence-corrected chi connectivity index (χ0v) is 24.8. The first-order chi connectivity index (χ1) is 19.3. The number of hydrogen-bond donors (Lipinski definition) is 0. The van der Waals surface area contributed by atoms with E-state index in [2.05, 4.69) is 15.9 Å². The number of amides is 2. The average molecular weight is 608 g/mol. The van der Waals surface area contributed by atoms with Crippen LogP contribution in [0.2, 0.25) is 0 Å². The maximum absolute atomic E-state index is 11.8. The smallest absolute Gasteiger partial charge is 0.222 e. The van der Waals surface area contributed by atoms with Crippen LogP contribution in [-0.4, -0.2) is 54.7 Å². The number of hydrogen-bond acceptors (Lipinski definition) is 5.